The Balaban J connectivity index is 1.35. The van der Waals surface area contributed by atoms with Crippen LogP contribution in [0.5, 0.6) is 0 Å². The summed E-state index contributed by atoms with van der Waals surface area (Å²) in [5, 5.41) is 2.41. The maximum Gasteiger partial charge on any atom is 0.282 e. The molecule has 0 aliphatic carbocycles. The molecule has 166 valence electrons. The van der Waals surface area contributed by atoms with Crippen LogP contribution in [0.25, 0.3) is 12.2 Å². The van der Waals surface area contributed by atoms with Gasteiger partial charge in [-0.05, 0) is 47.5 Å². The van der Waals surface area contributed by atoms with Gasteiger partial charge in [0.25, 0.3) is 23.6 Å². The predicted octanol–water partition coefficient (Wildman–Crippen LogP) is 2.61. The highest BCUT2D eigenvalue weighted by Crippen LogP contribution is 2.23. The van der Waals surface area contributed by atoms with Gasteiger partial charge in [-0.25, -0.2) is 10.0 Å². The number of amides is 4. The summed E-state index contributed by atoms with van der Waals surface area (Å²) in [7, 11) is 0. The molecule has 0 saturated carbocycles. The van der Waals surface area contributed by atoms with E-state index in [2.05, 4.69) is 10.9 Å². The van der Waals surface area contributed by atoms with E-state index < -0.39 is 23.6 Å². The van der Waals surface area contributed by atoms with Crippen molar-refractivity contribution >= 4 is 47.2 Å². The van der Waals surface area contributed by atoms with Crippen molar-refractivity contribution in [1.82, 2.24) is 10.9 Å². The first kappa shape index (κ1) is 20.9. The van der Waals surface area contributed by atoms with Crippen LogP contribution in [0.1, 0.15) is 11.1 Å². The van der Waals surface area contributed by atoms with Gasteiger partial charge in [0.1, 0.15) is 11.1 Å². The minimum atomic E-state index is -0.491. The molecule has 0 spiro atoms. The van der Waals surface area contributed by atoms with Gasteiger partial charge >= 0.3 is 0 Å². The standard InChI is InChI=1S/C26H18N4O4/c31-23-21(25(33)29(27-23)19-7-3-1-4-8-19)15-17-11-13-18(14-12-17)16-22-24(32)28-30(26(22)34)20-9-5-2-6-10-20/h1-16H,(H,27,31)(H,28,32)/b21-15-,22-16-. The Kier molecular flexibility index (Phi) is 5.23. The van der Waals surface area contributed by atoms with E-state index >= 15 is 0 Å². The van der Waals surface area contributed by atoms with Crippen LogP contribution in [-0.2, 0) is 19.2 Å². The summed E-state index contributed by atoms with van der Waals surface area (Å²) >= 11 is 0. The van der Waals surface area contributed by atoms with E-state index in [0.29, 0.717) is 22.5 Å². The fourth-order valence-electron chi connectivity index (χ4n) is 3.65. The zero-order valence-corrected chi connectivity index (χ0v) is 17.8. The number of rotatable bonds is 4. The number of carbonyl (C=O) groups excluding carboxylic acids is 4. The van der Waals surface area contributed by atoms with E-state index in [9.17, 15) is 19.2 Å². The van der Waals surface area contributed by atoms with E-state index in [4.69, 9.17) is 0 Å². The number of anilines is 2. The van der Waals surface area contributed by atoms with Crippen LogP contribution in [0.4, 0.5) is 11.4 Å². The van der Waals surface area contributed by atoms with Gasteiger partial charge in [0.2, 0.25) is 0 Å². The summed E-state index contributed by atoms with van der Waals surface area (Å²) in [5.74, 6) is -1.88. The molecular formula is C26H18N4O4. The molecule has 4 amide bonds. The SMILES string of the molecule is O=C1NN(c2ccccc2)C(=O)/C1=C\c1ccc(/C=C2/C(=O)NN(c3ccccc3)C2=O)cc1. The number of hydrogen-bond acceptors (Lipinski definition) is 4. The predicted molar refractivity (Wildman–Crippen MR) is 127 cm³/mol. The lowest BCUT2D eigenvalue weighted by atomic mass is 10.1. The molecule has 0 unspecified atom stereocenters. The first-order valence-corrected chi connectivity index (χ1v) is 10.5. The van der Waals surface area contributed by atoms with E-state index in [1.807, 2.05) is 12.1 Å². The third-order valence-corrected chi connectivity index (χ3v) is 5.37. The Morgan fingerprint density at radius 2 is 0.853 bits per heavy atom. The topological polar surface area (TPSA) is 98.8 Å². The summed E-state index contributed by atoms with van der Waals surface area (Å²) in [6, 6.07) is 24.5. The number of hydrogen-bond donors (Lipinski definition) is 2. The summed E-state index contributed by atoms with van der Waals surface area (Å²) in [4.78, 5) is 50.1. The summed E-state index contributed by atoms with van der Waals surface area (Å²) in [6.07, 6.45) is 3.00. The Bertz CT molecular complexity index is 1260. The van der Waals surface area contributed by atoms with Gasteiger partial charge < -0.3 is 0 Å². The molecule has 3 aromatic rings. The molecule has 8 heteroatoms. The molecule has 0 bridgehead atoms. The molecule has 2 aliphatic rings. The third-order valence-electron chi connectivity index (χ3n) is 5.37. The second-order valence-electron chi connectivity index (χ2n) is 7.62. The maximum absolute atomic E-state index is 12.7. The summed E-state index contributed by atoms with van der Waals surface area (Å²) in [6.45, 7) is 0. The minimum Gasteiger partial charge on any atom is -0.267 e. The number of benzene rings is 3. The number of nitrogens with one attached hydrogen (secondary N) is 2. The van der Waals surface area contributed by atoms with Crippen molar-refractivity contribution in [2.75, 3.05) is 10.0 Å². The van der Waals surface area contributed by atoms with Gasteiger partial charge in [-0.2, -0.15) is 0 Å². The van der Waals surface area contributed by atoms with Crippen LogP contribution in [0.15, 0.2) is 96.1 Å². The molecule has 0 aromatic heterocycles. The van der Waals surface area contributed by atoms with Gasteiger partial charge in [-0.1, -0.05) is 60.7 Å². The summed E-state index contributed by atoms with van der Waals surface area (Å²) in [5.41, 5.74) is 7.53. The van der Waals surface area contributed by atoms with E-state index in [1.54, 1.807) is 72.8 Å². The summed E-state index contributed by atoms with van der Waals surface area (Å²) < 4.78 is 0. The molecule has 2 heterocycles. The average molecular weight is 450 g/mol. The van der Waals surface area contributed by atoms with Crippen molar-refractivity contribution in [3.05, 3.63) is 107 Å². The molecule has 2 fully saturated rings. The van der Waals surface area contributed by atoms with Gasteiger partial charge in [0.15, 0.2) is 0 Å². The lowest BCUT2D eigenvalue weighted by molar-refractivity contribution is -0.118. The second-order valence-corrected chi connectivity index (χ2v) is 7.62. The van der Waals surface area contributed by atoms with Crippen LogP contribution in [-0.4, -0.2) is 23.6 Å². The first-order valence-electron chi connectivity index (χ1n) is 10.5. The van der Waals surface area contributed by atoms with Gasteiger partial charge in [0.05, 0.1) is 11.4 Å². The Morgan fingerprint density at radius 3 is 1.21 bits per heavy atom. The van der Waals surface area contributed by atoms with Gasteiger partial charge in [0, 0.05) is 0 Å². The molecule has 8 nitrogen and oxygen atoms in total. The highest BCUT2D eigenvalue weighted by Gasteiger charge is 2.35. The average Bonchev–Trinajstić information content (AvgIpc) is 3.31. The van der Waals surface area contributed by atoms with Crippen molar-refractivity contribution in [2.24, 2.45) is 0 Å². The van der Waals surface area contributed by atoms with Crippen LogP contribution in [0.3, 0.4) is 0 Å². The van der Waals surface area contributed by atoms with E-state index in [-0.39, 0.29) is 11.1 Å². The van der Waals surface area contributed by atoms with Gasteiger partial charge in [-0.15, -0.1) is 0 Å². The van der Waals surface area contributed by atoms with E-state index in [1.165, 1.54) is 22.2 Å². The minimum absolute atomic E-state index is 0.0128. The Labute approximate surface area is 194 Å². The van der Waals surface area contributed by atoms with Crippen molar-refractivity contribution in [3.8, 4) is 0 Å². The molecule has 2 saturated heterocycles. The van der Waals surface area contributed by atoms with Gasteiger partial charge in [-0.3, -0.25) is 30.0 Å². The molecular weight excluding hydrogens is 432 g/mol. The largest absolute Gasteiger partial charge is 0.282 e. The monoisotopic (exact) mass is 450 g/mol. The third kappa shape index (κ3) is 3.84. The lowest BCUT2D eigenvalue weighted by Gasteiger charge is -2.13. The van der Waals surface area contributed by atoms with Crippen LogP contribution in [0.2, 0.25) is 0 Å². The highest BCUT2D eigenvalue weighted by atomic mass is 16.2. The first-order chi connectivity index (χ1) is 16.5. The second kappa shape index (κ2) is 8.51. The maximum atomic E-state index is 12.7. The Hall–Kier alpha value is -4.98. The number of nitrogens with zero attached hydrogens (tertiary/aromatic N) is 2. The molecule has 5 rings (SSSR count). The normalized spacial score (nSPS) is 18.1. The molecule has 0 atom stereocenters. The van der Waals surface area contributed by atoms with Crippen LogP contribution >= 0.6 is 0 Å². The molecule has 2 aliphatic heterocycles. The fraction of sp³-hybridized carbons (Fsp3) is 0. The number of para-hydroxylation sites is 2. The van der Waals surface area contributed by atoms with Crippen molar-refractivity contribution in [2.45, 2.75) is 0 Å². The smallest absolute Gasteiger partial charge is 0.267 e. The van der Waals surface area contributed by atoms with Crippen molar-refractivity contribution in [3.63, 3.8) is 0 Å². The van der Waals surface area contributed by atoms with Crippen molar-refractivity contribution in [1.29, 1.82) is 0 Å². The van der Waals surface area contributed by atoms with Crippen LogP contribution < -0.4 is 20.9 Å². The molecule has 3 aromatic carbocycles. The zero-order valence-electron chi connectivity index (χ0n) is 17.8. The van der Waals surface area contributed by atoms with Crippen LogP contribution in [0, 0.1) is 0 Å². The molecule has 2 N–H and O–H groups in total. The lowest BCUT2D eigenvalue weighted by Crippen LogP contribution is -2.35. The fourth-order valence-corrected chi connectivity index (χ4v) is 3.65. The molecule has 34 heavy (non-hydrogen) atoms. The highest BCUT2D eigenvalue weighted by molar-refractivity contribution is 6.32. The van der Waals surface area contributed by atoms with Crippen molar-refractivity contribution < 1.29 is 19.2 Å². The Morgan fingerprint density at radius 1 is 0.500 bits per heavy atom. The molecule has 0 radical (unpaired) electrons. The van der Waals surface area contributed by atoms with E-state index in [0.717, 1.165) is 0 Å². The zero-order chi connectivity index (χ0) is 23.7. The number of hydrazine groups is 2. The quantitative estimate of drug-likeness (QED) is 0.472. The number of carbonyl (C=O) groups is 4.